The van der Waals surface area contributed by atoms with E-state index in [2.05, 4.69) is 26.3 Å². The van der Waals surface area contributed by atoms with Gasteiger partial charge in [0.05, 0.1) is 11.8 Å². The Balaban J connectivity index is 2.71. The van der Waals surface area contributed by atoms with Gasteiger partial charge in [-0.2, -0.15) is 5.10 Å². The number of amides is 1. The Kier molecular flexibility index (Phi) is 3.74. The lowest BCUT2D eigenvalue weighted by molar-refractivity contribution is 0.0955. The molecule has 0 spiro atoms. The van der Waals surface area contributed by atoms with Gasteiger partial charge in [-0.15, -0.1) is 11.6 Å². The van der Waals surface area contributed by atoms with Crippen molar-refractivity contribution < 1.29 is 4.79 Å². The van der Waals surface area contributed by atoms with Gasteiger partial charge in [0, 0.05) is 19.5 Å². The maximum absolute atomic E-state index is 11.4. The summed E-state index contributed by atoms with van der Waals surface area (Å²) in [6, 6.07) is 0. The van der Waals surface area contributed by atoms with Crippen molar-refractivity contribution in [3.8, 4) is 0 Å². The van der Waals surface area contributed by atoms with Gasteiger partial charge in [-0.1, -0.05) is 0 Å². The van der Waals surface area contributed by atoms with Gasteiger partial charge in [-0.25, -0.2) is 0 Å². The van der Waals surface area contributed by atoms with Crippen molar-refractivity contribution in [2.24, 2.45) is 7.05 Å². The highest BCUT2D eigenvalue weighted by atomic mass is 79.9. The van der Waals surface area contributed by atoms with Crippen LogP contribution in [0.1, 0.15) is 10.4 Å². The van der Waals surface area contributed by atoms with E-state index in [1.807, 2.05) is 0 Å². The molecule has 72 valence electrons. The number of carbonyl (C=O) groups is 1. The number of halogens is 2. The van der Waals surface area contributed by atoms with E-state index in [1.54, 1.807) is 11.7 Å². The first kappa shape index (κ1) is 10.5. The molecule has 0 aliphatic carbocycles. The van der Waals surface area contributed by atoms with Crippen molar-refractivity contribution in [2.75, 3.05) is 12.4 Å². The quantitative estimate of drug-likeness (QED) is 0.834. The topological polar surface area (TPSA) is 46.9 Å². The largest absolute Gasteiger partial charge is 0.351 e. The molecule has 1 heterocycles. The average molecular weight is 267 g/mol. The predicted octanol–water partition coefficient (Wildman–Crippen LogP) is 1.15. The molecule has 0 saturated carbocycles. The van der Waals surface area contributed by atoms with Crippen LogP contribution in [-0.4, -0.2) is 28.1 Å². The number of carbonyl (C=O) groups excluding carboxylic acids is 1. The molecule has 0 aliphatic rings. The molecular weight excluding hydrogens is 257 g/mol. The van der Waals surface area contributed by atoms with Gasteiger partial charge in [-0.3, -0.25) is 9.48 Å². The lowest BCUT2D eigenvalue weighted by Gasteiger charge is -2.00. The number of aromatic nitrogens is 2. The van der Waals surface area contributed by atoms with Crippen molar-refractivity contribution in [3.63, 3.8) is 0 Å². The Morgan fingerprint density at radius 1 is 1.85 bits per heavy atom. The van der Waals surface area contributed by atoms with Crippen molar-refractivity contribution >= 4 is 33.4 Å². The summed E-state index contributed by atoms with van der Waals surface area (Å²) in [6.45, 7) is 0.460. The molecule has 1 rings (SSSR count). The number of hydrogen-bond acceptors (Lipinski definition) is 2. The van der Waals surface area contributed by atoms with E-state index in [0.29, 0.717) is 22.6 Å². The summed E-state index contributed by atoms with van der Waals surface area (Å²) < 4.78 is 2.25. The van der Waals surface area contributed by atoms with Gasteiger partial charge in [0.2, 0.25) is 0 Å². The Morgan fingerprint density at radius 3 is 3.00 bits per heavy atom. The van der Waals surface area contributed by atoms with E-state index >= 15 is 0 Å². The Labute approximate surface area is 89.4 Å². The van der Waals surface area contributed by atoms with E-state index in [4.69, 9.17) is 11.6 Å². The van der Waals surface area contributed by atoms with Crippen molar-refractivity contribution in [1.29, 1.82) is 0 Å². The second-order valence-electron chi connectivity index (χ2n) is 2.42. The van der Waals surface area contributed by atoms with Crippen LogP contribution in [0.2, 0.25) is 0 Å². The molecule has 0 radical (unpaired) electrons. The van der Waals surface area contributed by atoms with Crippen molar-refractivity contribution in [1.82, 2.24) is 15.1 Å². The highest BCUT2D eigenvalue weighted by Gasteiger charge is 2.12. The molecule has 13 heavy (non-hydrogen) atoms. The fourth-order valence-electron chi connectivity index (χ4n) is 0.831. The molecule has 0 atom stereocenters. The second-order valence-corrected chi connectivity index (χ2v) is 3.55. The van der Waals surface area contributed by atoms with Crippen LogP contribution < -0.4 is 5.32 Å². The van der Waals surface area contributed by atoms with Gasteiger partial charge in [0.1, 0.15) is 4.60 Å². The van der Waals surface area contributed by atoms with Crippen LogP contribution in [0.15, 0.2) is 10.8 Å². The molecule has 0 aliphatic heterocycles. The first-order valence-corrected chi connectivity index (χ1v) is 5.01. The zero-order chi connectivity index (χ0) is 9.84. The SMILES string of the molecule is Cn1ncc(C(=O)NCCCl)c1Br. The third kappa shape index (κ3) is 2.45. The van der Waals surface area contributed by atoms with Crippen LogP contribution in [0.3, 0.4) is 0 Å². The average Bonchev–Trinajstić information content (AvgIpc) is 2.44. The van der Waals surface area contributed by atoms with Gasteiger partial charge >= 0.3 is 0 Å². The van der Waals surface area contributed by atoms with Crippen LogP contribution in [0.5, 0.6) is 0 Å². The number of hydrogen-bond donors (Lipinski definition) is 1. The molecule has 1 aromatic rings. The highest BCUT2D eigenvalue weighted by molar-refractivity contribution is 9.10. The fraction of sp³-hybridized carbons (Fsp3) is 0.429. The summed E-state index contributed by atoms with van der Waals surface area (Å²) in [6.07, 6.45) is 1.51. The minimum atomic E-state index is -0.166. The van der Waals surface area contributed by atoms with E-state index in [9.17, 15) is 4.79 Å². The van der Waals surface area contributed by atoms with E-state index < -0.39 is 0 Å². The standard InChI is InChI=1S/C7H9BrClN3O/c1-12-6(8)5(4-11-12)7(13)10-3-2-9/h4H,2-3H2,1H3,(H,10,13). The monoisotopic (exact) mass is 265 g/mol. The number of aryl methyl sites for hydroxylation is 1. The summed E-state index contributed by atoms with van der Waals surface area (Å²) in [7, 11) is 1.75. The zero-order valence-corrected chi connectivity index (χ0v) is 9.39. The molecule has 1 amide bonds. The molecule has 0 aromatic carbocycles. The van der Waals surface area contributed by atoms with Gasteiger partial charge in [-0.05, 0) is 15.9 Å². The number of alkyl halides is 1. The van der Waals surface area contributed by atoms with Crippen molar-refractivity contribution in [2.45, 2.75) is 0 Å². The van der Waals surface area contributed by atoms with Crippen LogP contribution in [0.25, 0.3) is 0 Å². The molecular formula is C7H9BrClN3O. The molecule has 0 fully saturated rings. The third-order valence-electron chi connectivity index (χ3n) is 1.49. The summed E-state index contributed by atoms with van der Waals surface area (Å²) in [5.74, 6) is 0.240. The minimum absolute atomic E-state index is 0.166. The number of rotatable bonds is 3. The number of nitrogens with zero attached hydrogens (tertiary/aromatic N) is 2. The molecule has 0 unspecified atom stereocenters. The molecule has 4 nitrogen and oxygen atoms in total. The molecule has 1 aromatic heterocycles. The van der Waals surface area contributed by atoms with Gasteiger partial charge in [0.25, 0.3) is 5.91 Å². The summed E-state index contributed by atoms with van der Waals surface area (Å²) in [5.41, 5.74) is 0.521. The van der Waals surface area contributed by atoms with Gasteiger partial charge in [0.15, 0.2) is 0 Å². The first-order valence-electron chi connectivity index (χ1n) is 3.68. The van der Waals surface area contributed by atoms with E-state index in [0.717, 1.165) is 0 Å². The maximum atomic E-state index is 11.4. The summed E-state index contributed by atoms with van der Waals surface area (Å²) in [5, 5.41) is 6.57. The molecule has 1 N–H and O–H groups in total. The summed E-state index contributed by atoms with van der Waals surface area (Å²) in [4.78, 5) is 11.4. The number of nitrogens with one attached hydrogen (secondary N) is 1. The van der Waals surface area contributed by atoms with Crippen LogP contribution in [0.4, 0.5) is 0 Å². The first-order chi connectivity index (χ1) is 6.16. The Bertz CT molecular complexity index is 313. The zero-order valence-electron chi connectivity index (χ0n) is 7.05. The van der Waals surface area contributed by atoms with Crippen LogP contribution >= 0.6 is 27.5 Å². The molecule has 6 heteroatoms. The molecule has 0 bridgehead atoms. The van der Waals surface area contributed by atoms with E-state index in [1.165, 1.54) is 6.20 Å². The fourth-order valence-corrected chi connectivity index (χ4v) is 1.30. The third-order valence-corrected chi connectivity index (χ3v) is 2.62. The summed E-state index contributed by atoms with van der Waals surface area (Å²) >= 11 is 8.68. The second kappa shape index (κ2) is 4.62. The Morgan fingerprint density at radius 2 is 2.54 bits per heavy atom. The lowest BCUT2D eigenvalue weighted by Crippen LogP contribution is -2.25. The highest BCUT2D eigenvalue weighted by Crippen LogP contribution is 2.14. The molecule has 0 saturated heterocycles. The Hall–Kier alpha value is -0.550. The maximum Gasteiger partial charge on any atom is 0.255 e. The predicted molar refractivity (Wildman–Crippen MR) is 54.0 cm³/mol. The van der Waals surface area contributed by atoms with Crippen molar-refractivity contribution in [3.05, 3.63) is 16.4 Å². The lowest BCUT2D eigenvalue weighted by atomic mass is 10.3. The minimum Gasteiger partial charge on any atom is -0.351 e. The normalized spacial score (nSPS) is 10.1. The smallest absolute Gasteiger partial charge is 0.255 e. The van der Waals surface area contributed by atoms with E-state index in [-0.39, 0.29) is 5.91 Å². The van der Waals surface area contributed by atoms with Crippen LogP contribution in [0, 0.1) is 0 Å². The van der Waals surface area contributed by atoms with Crippen LogP contribution in [-0.2, 0) is 7.05 Å². The van der Waals surface area contributed by atoms with Gasteiger partial charge < -0.3 is 5.32 Å².